The number of hydrogen-bond donors (Lipinski definition) is 1. The summed E-state index contributed by atoms with van der Waals surface area (Å²) in [5.74, 6) is 1.14. The van der Waals surface area contributed by atoms with Crippen molar-refractivity contribution in [3.63, 3.8) is 0 Å². The Morgan fingerprint density at radius 3 is 2.48 bits per heavy atom. The van der Waals surface area contributed by atoms with Gasteiger partial charge in [0.1, 0.15) is 0 Å². The zero-order valence-corrected chi connectivity index (χ0v) is 20.0. The van der Waals surface area contributed by atoms with Crippen LogP contribution in [0.3, 0.4) is 0 Å². The zero-order chi connectivity index (χ0) is 21.8. The molecule has 1 atom stereocenters. The molecular formula is C24H38N4O2S. The molecule has 2 amide bonds. The van der Waals surface area contributed by atoms with E-state index in [1.807, 2.05) is 4.90 Å². The third-order valence-corrected chi connectivity index (χ3v) is 8.60. The highest BCUT2D eigenvalue weighted by molar-refractivity contribution is 7.14. The number of carbonyl (C=O) groups excluding carboxylic acids is 2. The van der Waals surface area contributed by atoms with Crippen LogP contribution in [0.2, 0.25) is 0 Å². The van der Waals surface area contributed by atoms with Gasteiger partial charge in [0.05, 0.1) is 4.88 Å². The number of nitrogens with one attached hydrogen (secondary N) is 1. The van der Waals surface area contributed by atoms with Crippen LogP contribution in [0.15, 0.2) is 6.07 Å². The first-order chi connectivity index (χ1) is 15.0. The predicted octanol–water partition coefficient (Wildman–Crippen LogP) is 2.48. The lowest BCUT2D eigenvalue weighted by Crippen LogP contribution is -2.48. The van der Waals surface area contributed by atoms with Crippen molar-refractivity contribution in [3.8, 4) is 0 Å². The number of thiophene rings is 1. The Labute approximate surface area is 191 Å². The molecule has 172 valence electrons. The minimum absolute atomic E-state index is 0.0397. The highest BCUT2D eigenvalue weighted by Crippen LogP contribution is 2.33. The van der Waals surface area contributed by atoms with Crippen LogP contribution >= 0.6 is 11.3 Å². The Morgan fingerprint density at radius 2 is 1.77 bits per heavy atom. The molecule has 2 aliphatic heterocycles. The Balaban J connectivity index is 1.24. The van der Waals surface area contributed by atoms with Gasteiger partial charge in [-0.1, -0.05) is 13.8 Å². The normalized spacial score (nSPS) is 23.5. The maximum absolute atomic E-state index is 12.9. The third-order valence-electron chi connectivity index (χ3n) is 7.37. The van der Waals surface area contributed by atoms with Gasteiger partial charge in [-0.25, -0.2) is 0 Å². The fraction of sp³-hybridized carbons (Fsp3) is 0.750. The van der Waals surface area contributed by atoms with Crippen molar-refractivity contribution < 1.29 is 9.59 Å². The first-order valence-electron chi connectivity index (χ1n) is 12.2. The summed E-state index contributed by atoms with van der Waals surface area (Å²) in [4.78, 5) is 34.8. The predicted molar refractivity (Wildman–Crippen MR) is 126 cm³/mol. The van der Waals surface area contributed by atoms with Gasteiger partial charge in [-0.3, -0.25) is 14.5 Å². The van der Waals surface area contributed by atoms with Gasteiger partial charge in [0, 0.05) is 63.2 Å². The fourth-order valence-electron chi connectivity index (χ4n) is 5.03. The molecule has 2 fully saturated rings. The summed E-state index contributed by atoms with van der Waals surface area (Å²) < 4.78 is 0. The average molecular weight is 447 g/mol. The van der Waals surface area contributed by atoms with Crippen molar-refractivity contribution in [1.82, 2.24) is 20.0 Å². The van der Waals surface area contributed by atoms with E-state index < -0.39 is 0 Å². The third kappa shape index (κ3) is 5.68. The van der Waals surface area contributed by atoms with E-state index in [1.165, 1.54) is 10.4 Å². The SMILES string of the molecule is CCN1CCN(CCNC(=O)C2CCc3sc(C(=O)N4CCC(C)CC4)cc3C2)CC1. The molecule has 31 heavy (non-hydrogen) atoms. The number of hydrogen-bond acceptors (Lipinski definition) is 5. The van der Waals surface area contributed by atoms with Crippen molar-refractivity contribution in [2.24, 2.45) is 11.8 Å². The highest BCUT2D eigenvalue weighted by Gasteiger charge is 2.29. The quantitative estimate of drug-likeness (QED) is 0.729. The maximum Gasteiger partial charge on any atom is 0.263 e. The Morgan fingerprint density at radius 1 is 1.06 bits per heavy atom. The lowest BCUT2D eigenvalue weighted by atomic mass is 9.87. The molecule has 1 N–H and O–H groups in total. The Bertz CT molecular complexity index is 764. The van der Waals surface area contributed by atoms with E-state index in [9.17, 15) is 9.59 Å². The molecule has 1 unspecified atom stereocenters. The van der Waals surface area contributed by atoms with Crippen LogP contribution in [0.25, 0.3) is 0 Å². The summed E-state index contributed by atoms with van der Waals surface area (Å²) >= 11 is 1.66. The summed E-state index contributed by atoms with van der Waals surface area (Å²) in [5.41, 5.74) is 1.22. The second kappa shape index (κ2) is 10.5. The molecule has 2 saturated heterocycles. The first kappa shape index (κ1) is 22.7. The van der Waals surface area contributed by atoms with Crippen LogP contribution < -0.4 is 5.32 Å². The lowest BCUT2D eigenvalue weighted by Gasteiger charge is -2.34. The number of amides is 2. The van der Waals surface area contributed by atoms with Gasteiger partial charge in [-0.15, -0.1) is 11.3 Å². The monoisotopic (exact) mass is 446 g/mol. The van der Waals surface area contributed by atoms with Crippen LogP contribution in [0.1, 0.15) is 53.2 Å². The summed E-state index contributed by atoms with van der Waals surface area (Å²) in [7, 11) is 0. The minimum atomic E-state index is 0.0397. The number of fused-ring (bicyclic) bond motifs is 1. The van der Waals surface area contributed by atoms with Gasteiger partial charge >= 0.3 is 0 Å². The summed E-state index contributed by atoms with van der Waals surface area (Å²) in [6.07, 6.45) is 4.79. The van der Waals surface area contributed by atoms with Crippen molar-refractivity contribution in [3.05, 3.63) is 21.4 Å². The van der Waals surface area contributed by atoms with Crippen molar-refractivity contribution in [1.29, 1.82) is 0 Å². The molecule has 1 aromatic heterocycles. The largest absolute Gasteiger partial charge is 0.355 e. The second-order valence-corrected chi connectivity index (χ2v) is 10.7. The molecule has 3 heterocycles. The number of piperidine rings is 1. The van der Waals surface area contributed by atoms with Gasteiger partial charge in [0.2, 0.25) is 5.91 Å². The zero-order valence-electron chi connectivity index (χ0n) is 19.2. The van der Waals surface area contributed by atoms with Gasteiger partial charge in [-0.05, 0) is 56.2 Å². The maximum atomic E-state index is 12.9. The molecule has 3 aliphatic rings. The number of rotatable bonds is 6. The topological polar surface area (TPSA) is 55.9 Å². The van der Waals surface area contributed by atoms with Crippen LogP contribution in [-0.4, -0.2) is 85.4 Å². The Hall–Kier alpha value is -1.44. The molecule has 4 rings (SSSR count). The molecule has 0 saturated carbocycles. The molecule has 7 heteroatoms. The van der Waals surface area contributed by atoms with Gasteiger partial charge in [0.15, 0.2) is 0 Å². The summed E-state index contributed by atoms with van der Waals surface area (Å²) in [6.45, 7) is 13.5. The summed E-state index contributed by atoms with van der Waals surface area (Å²) in [6, 6.07) is 2.08. The molecule has 6 nitrogen and oxygen atoms in total. The van der Waals surface area contributed by atoms with E-state index >= 15 is 0 Å². The smallest absolute Gasteiger partial charge is 0.263 e. The van der Waals surface area contributed by atoms with E-state index in [-0.39, 0.29) is 17.7 Å². The standard InChI is InChI=1S/C24H38N4O2S/c1-3-26-12-14-27(15-13-26)11-8-25-23(29)19-4-5-21-20(16-19)17-22(31-21)24(30)28-9-6-18(2)7-10-28/h17-19H,3-16H2,1-2H3,(H,25,29). The highest BCUT2D eigenvalue weighted by atomic mass is 32.1. The molecule has 0 aromatic carbocycles. The van der Waals surface area contributed by atoms with Crippen LogP contribution in [0.4, 0.5) is 0 Å². The van der Waals surface area contributed by atoms with Crippen molar-refractivity contribution in [2.75, 3.05) is 58.9 Å². The van der Waals surface area contributed by atoms with E-state index in [1.54, 1.807) is 11.3 Å². The number of aryl methyl sites for hydroxylation is 1. The molecule has 0 bridgehead atoms. The van der Waals surface area contributed by atoms with Gasteiger partial charge in [0.25, 0.3) is 5.91 Å². The van der Waals surface area contributed by atoms with Gasteiger partial charge < -0.3 is 15.1 Å². The number of carbonyl (C=O) groups is 2. The number of likely N-dealkylation sites (tertiary alicyclic amines) is 1. The molecule has 0 spiro atoms. The van der Waals surface area contributed by atoms with Crippen molar-refractivity contribution >= 4 is 23.2 Å². The number of piperazine rings is 1. The fourth-order valence-corrected chi connectivity index (χ4v) is 6.21. The lowest BCUT2D eigenvalue weighted by molar-refractivity contribution is -0.125. The summed E-state index contributed by atoms with van der Waals surface area (Å²) in [5, 5.41) is 3.18. The Kier molecular flexibility index (Phi) is 7.67. The van der Waals surface area contributed by atoms with E-state index in [0.29, 0.717) is 0 Å². The van der Waals surface area contributed by atoms with Gasteiger partial charge in [-0.2, -0.15) is 0 Å². The van der Waals surface area contributed by atoms with Crippen LogP contribution in [0, 0.1) is 11.8 Å². The first-order valence-corrected chi connectivity index (χ1v) is 13.0. The molecule has 1 aliphatic carbocycles. The van der Waals surface area contributed by atoms with E-state index in [0.717, 1.165) is 102 Å². The van der Waals surface area contributed by atoms with Crippen LogP contribution in [-0.2, 0) is 17.6 Å². The van der Waals surface area contributed by atoms with E-state index in [2.05, 4.69) is 35.0 Å². The van der Waals surface area contributed by atoms with Crippen LogP contribution in [0.5, 0.6) is 0 Å². The molecular weight excluding hydrogens is 408 g/mol. The molecule has 1 aromatic rings. The van der Waals surface area contributed by atoms with Crippen molar-refractivity contribution in [2.45, 2.75) is 46.0 Å². The number of nitrogens with zero attached hydrogens (tertiary/aromatic N) is 3. The second-order valence-electron chi connectivity index (χ2n) is 9.54. The number of likely N-dealkylation sites (N-methyl/N-ethyl adjacent to an activating group) is 1. The average Bonchev–Trinajstić information content (AvgIpc) is 3.23. The minimum Gasteiger partial charge on any atom is -0.355 e. The molecule has 0 radical (unpaired) electrons. The van der Waals surface area contributed by atoms with E-state index in [4.69, 9.17) is 0 Å².